The summed E-state index contributed by atoms with van der Waals surface area (Å²) in [7, 11) is 0. The molecule has 1 fully saturated rings. The number of aliphatic hydroxyl groups is 1. The highest BCUT2D eigenvalue weighted by Crippen LogP contribution is 2.30. The van der Waals surface area contributed by atoms with Crippen molar-refractivity contribution in [3.05, 3.63) is 23.6 Å². The lowest BCUT2D eigenvalue weighted by molar-refractivity contribution is -0.124. The number of carbonyl (C=O) groups excluding carboxylic acids is 2. The average molecular weight is 396 g/mol. The molecule has 2 amide bonds. The van der Waals surface area contributed by atoms with Gasteiger partial charge in [-0.25, -0.2) is 9.18 Å². The molecule has 1 atom stereocenters. The summed E-state index contributed by atoms with van der Waals surface area (Å²) >= 11 is 0. The van der Waals surface area contributed by atoms with Crippen molar-refractivity contribution in [1.82, 2.24) is 4.57 Å². The van der Waals surface area contributed by atoms with Crippen molar-refractivity contribution in [2.75, 3.05) is 24.7 Å². The monoisotopic (exact) mass is 396 g/mol. The molecule has 3 N–H and O–H groups in total. The quantitative estimate of drug-likeness (QED) is 0.566. The molecule has 0 radical (unpaired) electrons. The van der Waals surface area contributed by atoms with Crippen molar-refractivity contribution < 1.29 is 33.1 Å². The first kappa shape index (κ1) is 19.7. The maximum Gasteiger partial charge on any atom is 0.415 e. The largest absolute Gasteiger partial charge is 0.434 e. The van der Waals surface area contributed by atoms with Crippen LogP contribution in [0, 0.1) is 5.82 Å². The van der Waals surface area contributed by atoms with E-state index in [1.165, 1.54) is 10.6 Å². The number of aromatic nitrogens is 1. The predicted molar refractivity (Wildman–Crippen MR) is 94.6 cm³/mol. The number of nitrogens with zero attached hydrogens (tertiary/aromatic N) is 3. The highest BCUT2D eigenvalue weighted by molar-refractivity contribution is 5.96. The number of halogens is 1. The fourth-order valence-corrected chi connectivity index (χ4v) is 2.90. The van der Waals surface area contributed by atoms with E-state index in [9.17, 15) is 9.59 Å². The average Bonchev–Trinajstić information content (AvgIpc) is 3.15. The third-order valence-corrected chi connectivity index (χ3v) is 4.07. The summed E-state index contributed by atoms with van der Waals surface area (Å²) in [6.07, 6.45) is -1.92. The third kappa shape index (κ3) is 3.52. The molecule has 3 rings (SSSR count). The van der Waals surface area contributed by atoms with Crippen LogP contribution in [-0.4, -0.2) is 47.5 Å². The van der Waals surface area contributed by atoms with Crippen LogP contribution in [-0.2, 0) is 19.9 Å². The number of nitrogens with two attached hydrogens (primary N) is 1. The second-order valence-corrected chi connectivity index (χ2v) is 7.20. The Morgan fingerprint density at radius 1 is 1.46 bits per heavy atom. The molecule has 1 aromatic carbocycles. The summed E-state index contributed by atoms with van der Waals surface area (Å²) < 4.78 is 27.0. The van der Waals surface area contributed by atoms with Gasteiger partial charge >= 0.3 is 11.8 Å². The van der Waals surface area contributed by atoms with E-state index < -0.39 is 29.5 Å². The summed E-state index contributed by atoms with van der Waals surface area (Å²) in [4.78, 5) is 29.3. The van der Waals surface area contributed by atoms with Gasteiger partial charge in [0.25, 0.3) is 5.91 Å². The van der Waals surface area contributed by atoms with E-state index in [0.29, 0.717) is 0 Å². The Bertz CT molecular complexity index is 990. The summed E-state index contributed by atoms with van der Waals surface area (Å²) in [6.45, 7) is 5.07. The number of hydrogen-bond acceptors (Lipinski definition) is 7. The minimum Gasteiger partial charge on any atom is -0.434 e. The number of anilines is 1. The van der Waals surface area contributed by atoms with Crippen LogP contribution in [0.5, 0.6) is 0 Å². The topological polar surface area (TPSA) is 133 Å². The minimum atomic E-state index is -1.11. The Labute approximate surface area is 158 Å². The van der Waals surface area contributed by atoms with Gasteiger partial charge in [-0.2, -0.15) is 0 Å². The van der Waals surface area contributed by atoms with Gasteiger partial charge in [0.15, 0.2) is 17.5 Å². The fraction of sp³-hybridized carbons (Fsp3) is 0.471. The number of ether oxygens (including phenoxy) is 1. The molecular formula is C17H21FN4O6. The number of benzene rings is 1. The van der Waals surface area contributed by atoms with Crippen LogP contribution >= 0.6 is 0 Å². The predicted octanol–water partition coefficient (Wildman–Crippen LogP) is 0.763. The van der Waals surface area contributed by atoms with Gasteiger partial charge in [-0.15, -0.1) is 0 Å². The number of carbonyl (C=O) groups is 2. The molecule has 2 aromatic rings. The van der Waals surface area contributed by atoms with Crippen molar-refractivity contribution >= 4 is 28.8 Å². The zero-order valence-electron chi connectivity index (χ0n) is 15.6. The lowest BCUT2D eigenvalue weighted by Crippen LogP contribution is -2.33. The summed E-state index contributed by atoms with van der Waals surface area (Å²) in [5, 5.41) is 12.7. The molecule has 10 nitrogen and oxygen atoms in total. The normalized spacial score (nSPS) is 18.0. The fourth-order valence-electron chi connectivity index (χ4n) is 2.90. The van der Waals surface area contributed by atoms with Crippen molar-refractivity contribution in [3.63, 3.8) is 0 Å². The second kappa shape index (κ2) is 7.15. The van der Waals surface area contributed by atoms with Crippen molar-refractivity contribution in [3.8, 4) is 0 Å². The number of primary amides is 1. The van der Waals surface area contributed by atoms with Crippen LogP contribution in [0.25, 0.3) is 11.1 Å². The van der Waals surface area contributed by atoms with Crippen molar-refractivity contribution in [1.29, 1.82) is 0 Å². The number of amides is 2. The third-order valence-electron chi connectivity index (χ3n) is 4.07. The van der Waals surface area contributed by atoms with Gasteiger partial charge in [0.1, 0.15) is 12.1 Å². The van der Waals surface area contributed by atoms with Crippen LogP contribution in [0.3, 0.4) is 0 Å². The molecular weight excluding hydrogens is 375 g/mol. The van der Waals surface area contributed by atoms with Crippen molar-refractivity contribution in [2.45, 2.75) is 32.4 Å². The maximum absolute atomic E-state index is 15.0. The van der Waals surface area contributed by atoms with Gasteiger partial charge in [0.05, 0.1) is 18.8 Å². The van der Waals surface area contributed by atoms with E-state index in [1.807, 2.05) is 20.8 Å². The van der Waals surface area contributed by atoms with E-state index in [2.05, 4.69) is 5.16 Å². The highest BCUT2D eigenvalue weighted by Gasteiger charge is 2.36. The number of cyclic esters (lactones) is 1. The van der Waals surface area contributed by atoms with E-state index >= 15 is 4.39 Å². The van der Waals surface area contributed by atoms with Crippen molar-refractivity contribution in [2.24, 2.45) is 10.9 Å². The highest BCUT2D eigenvalue weighted by atomic mass is 19.1. The molecule has 11 heteroatoms. The van der Waals surface area contributed by atoms with Crippen LogP contribution in [0.4, 0.5) is 14.9 Å². The smallest absolute Gasteiger partial charge is 0.415 e. The number of oxazole rings is 1. The van der Waals surface area contributed by atoms with Gasteiger partial charge < -0.3 is 24.8 Å². The Morgan fingerprint density at radius 3 is 2.75 bits per heavy atom. The lowest BCUT2D eigenvalue weighted by atomic mass is 10.1. The first-order chi connectivity index (χ1) is 13.1. The van der Waals surface area contributed by atoms with E-state index in [4.69, 9.17) is 24.8 Å². The molecule has 152 valence electrons. The molecule has 1 aromatic heterocycles. The Kier molecular flexibility index (Phi) is 5.02. The molecule has 1 aliphatic rings. The maximum atomic E-state index is 15.0. The van der Waals surface area contributed by atoms with Crippen LogP contribution in [0.2, 0.25) is 0 Å². The molecule has 28 heavy (non-hydrogen) atoms. The number of fused-ring (bicyclic) bond motifs is 1. The van der Waals surface area contributed by atoms with E-state index in [0.717, 1.165) is 11.0 Å². The lowest BCUT2D eigenvalue weighted by Gasteiger charge is -2.21. The molecule has 0 unspecified atom stereocenters. The minimum absolute atomic E-state index is 0.00832. The molecule has 1 aliphatic heterocycles. The van der Waals surface area contributed by atoms with Gasteiger partial charge in [0, 0.05) is 17.7 Å². The molecule has 2 heterocycles. The zero-order chi connectivity index (χ0) is 20.6. The first-order valence-electron chi connectivity index (χ1n) is 8.53. The number of hydrogen-bond donors (Lipinski definition) is 2. The van der Waals surface area contributed by atoms with Crippen LogP contribution in [0.1, 0.15) is 20.8 Å². The number of rotatable bonds is 5. The van der Waals surface area contributed by atoms with Crippen LogP contribution < -0.4 is 16.3 Å². The van der Waals surface area contributed by atoms with Gasteiger partial charge in [-0.1, -0.05) is 0 Å². The summed E-state index contributed by atoms with van der Waals surface area (Å²) in [5.41, 5.74) is 4.94. The molecule has 0 spiro atoms. The summed E-state index contributed by atoms with van der Waals surface area (Å²) in [5.74, 6) is -1.45. The SMILES string of the molecule is CC(C)(C)n1/c(=N/OCCO)oc2cc(N3C[C@H](C(N)=O)OC3=O)cc(F)c21. The van der Waals surface area contributed by atoms with Gasteiger partial charge in [-0.3, -0.25) is 14.3 Å². The zero-order valence-corrected chi connectivity index (χ0v) is 15.6. The molecule has 0 saturated carbocycles. The Morgan fingerprint density at radius 2 is 2.18 bits per heavy atom. The molecule has 0 bridgehead atoms. The van der Waals surface area contributed by atoms with E-state index in [1.54, 1.807) is 0 Å². The molecule has 1 saturated heterocycles. The number of aliphatic hydroxyl groups excluding tert-OH is 1. The van der Waals surface area contributed by atoms with E-state index in [-0.39, 0.29) is 42.2 Å². The second-order valence-electron chi connectivity index (χ2n) is 7.20. The first-order valence-corrected chi connectivity index (χ1v) is 8.53. The van der Waals surface area contributed by atoms with Gasteiger partial charge in [-0.05, 0) is 25.9 Å². The Hall–Kier alpha value is -3.08. The van der Waals surface area contributed by atoms with Gasteiger partial charge in [0.2, 0.25) is 0 Å². The Balaban J connectivity index is 2.13. The van der Waals surface area contributed by atoms with Crippen LogP contribution in [0.15, 0.2) is 21.7 Å². The molecule has 0 aliphatic carbocycles. The standard InChI is InChI=1S/C17H21FN4O6/c1-17(2,3)22-13-10(18)6-9(21-8-12(14(19)24)28-16(21)25)7-11(13)27-15(22)20-26-5-4-23/h6-7,12,23H,4-5,8H2,1-3H3,(H2,19,24)/b20-15-/t12-/m1/s1. The summed E-state index contributed by atoms with van der Waals surface area (Å²) in [6, 6.07) is 2.58.